The number of aromatic nitrogens is 2. The smallest absolute Gasteiger partial charge is 0.425 e. The molecule has 1 amide bonds. The molecule has 0 spiro atoms. The monoisotopic (exact) mass is 361 g/mol. The summed E-state index contributed by atoms with van der Waals surface area (Å²) in [4.78, 5) is 15.1. The van der Waals surface area contributed by atoms with Crippen molar-refractivity contribution < 1.29 is 32.0 Å². The Kier molecular flexibility index (Phi) is 4.69. The fourth-order valence-corrected chi connectivity index (χ4v) is 2.28. The maximum atomic E-state index is 13.4. The fourth-order valence-electron chi connectivity index (χ4n) is 2.28. The number of halogens is 3. The van der Waals surface area contributed by atoms with E-state index in [0.717, 1.165) is 6.07 Å². The third-order valence-corrected chi connectivity index (χ3v) is 3.54. The average Bonchev–Trinajstić information content (AvgIpc) is 3.05. The number of carbonyl (C=O) groups is 1. The molecule has 0 saturated heterocycles. The Morgan fingerprint density at radius 3 is 2.44 bits per heavy atom. The molecule has 0 aliphatic rings. The van der Waals surface area contributed by atoms with Gasteiger partial charge in [-0.25, -0.2) is 0 Å². The molecule has 138 valence electrons. The zero-order valence-electron chi connectivity index (χ0n) is 14.1. The van der Waals surface area contributed by atoms with Crippen molar-refractivity contribution in [3.63, 3.8) is 0 Å². The number of carbonyl (C=O) groups excluding carboxylic acids is 1. The van der Waals surface area contributed by atoms with E-state index in [1.54, 1.807) is 13.8 Å². The van der Waals surface area contributed by atoms with E-state index in [1.165, 1.54) is 19.9 Å². The van der Waals surface area contributed by atoms with E-state index in [0.29, 0.717) is 0 Å². The Balaban J connectivity index is 2.34. The summed E-state index contributed by atoms with van der Waals surface area (Å²) in [5.74, 6) is -1.27. The summed E-state index contributed by atoms with van der Waals surface area (Å²) < 4.78 is 50.1. The molecule has 1 atom stereocenters. The van der Waals surface area contributed by atoms with Gasteiger partial charge in [0.1, 0.15) is 11.5 Å². The van der Waals surface area contributed by atoms with Crippen LogP contribution in [0.5, 0.6) is 0 Å². The SMILES string of the molecule is CC(=O)NC(C)(C)c1noc(CC(O)(c2ccc(C)o2)C(F)(F)F)n1. The molecule has 0 saturated carbocycles. The summed E-state index contributed by atoms with van der Waals surface area (Å²) in [6.45, 7) is 5.87. The van der Waals surface area contributed by atoms with Crippen molar-refractivity contribution in [3.8, 4) is 0 Å². The number of amides is 1. The highest BCUT2D eigenvalue weighted by molar-refractivity contribution is 5.73. The number of aliphatic hydroxyl groups is 1. The van der Waals surface area contributed by atoms with Gasteiger partial charge in [-0.3, -0.25) is 4.79 Å². The Morgan fingerprint density at radius 2 is 1.96 bits per heavy atom. The maximum Gasteiger partial charge on any atom is 0.425 e. The molecule has 1 unspecified atom stereocenters. The van der Waals surface area contributed by atoms with E-state index in [9.17, 15) is 23.1 Å². The number of hydrogen-bond acceptors (Lipinski definition) is 6. The standard InChI is InChI=1S/C15H18F3N3O4/c1-8-5-6-10(24-8)14(23,15(16,17)18)7-11-19-12(21-25-11)13(3,4)20-9(2)22/h5-6,23H,7H2,1-4H3,(H,20,22). The zero-order chi connectivity index (χ0) is 19.0. The predicted octanol–water partition coefficient (Wildman–Crippen LogP) is 2.33. The van der Waals surface area contributed by atoms with Crippen LogP contribution < -0.4 is 5.32 Å². The van der Waals surface area contributed by atoms with Gasteiger partial charge in [-0.2, -0.15) is 18.2 Å². The van der Waals surface area contributed by atoms with Crippen LogP contribution in [0.25, 0.3) is 0 Å². The molecular formula is C15H18F3N3O4. The Labute approximate surface area is 141 Å². The molecule has 0 fully saturated rings. The molecule has 2 N–H and O–H groups in total. The number of hydrogen-bond donors (Lipinski definition) is 2. The summed E-state index contributed by atoms with van der Waals surface area (Å²) in [6, 6.07) is 2.35. The molecule has 7 nitrogen and oxygen atoms in total. The Morgan fingerprint density at radius 1 is 1.32 bits per heavy atom. The van der Waals surface area contributed by atoms with Crippen molar-refractivity contribution in [2.45, 2.75) is 51.4 Å². The second-order valence-corrected chi connectivity index (χ2v) is 6.26. The molecule has 2 aromatic rings. The third kappa shape index (κ3) is 3.84. The van der Waals surface area contributed by atoms with Gasteiger partial charge in [0.15, 0.2) is 5.82 Å². The van der Waals surface area contributed by atoms with Crippen LogP contribution in [-0.2, 0) is 22.4 Å². The first-order valence-corrected chi connectivity index (χ1v) is 7.33. The molecule has 10 heteroatoms. The minimum atomic E-state index is -5.03. The highest BCUT2D eigenvalue weighted by Crippen LogP contribution is 2.42. The van der Waals surface area contributed by atoms with Crippen LogP contribution >= 0.6 is 0 Å². The second kappa shape index (κ2) is 6.17. The first-order valence-electron chi connectivity index (χ1n) is 7.33. The van der Waals surface area contributed by atoms with Gasteiger partial charge in [0.05, 0.1) is 12.0 Å². The molecule has 2 heterocycles. The average molecular weight is 361 g/mol. The van der Waals surface area contributed by atoms with E-state index in [2.05, 4.69) is 15.5 Å². The van der Waals surface area contributed by atoms with Crippen LogP contribution in [0.2, 0.25) is 0 Å². The van der Waals surface area contributed by atoms with Gasteiger partial charge in [-0.1, -0.05) is 5.16 Å². The number of alkyl halides is 3. The first-order chi connectivity index (χ1) is 11.3. The first kappa shape index (κ1) is 19.0. The topological polar surface area (TPSA) is 101 Å². The van der Waals surface area contributed by atoms with Crippen molar-refractivity contribution >= 4 is 5.91 Å². The summed E-state index contributed by atoms with van der Waals surface area (Å²) in [5.41, 5.74) is -4.37. The Hall–Kier alpha value is -2.36. The van der Waals surface area contributed by atoms with E-state index in [1.807, 2.05) is 0 Å². The fraction of sp³-hybridized carbons (Fsp3) is 0.533. The quantitative estimate of drug-likeness (QED) is 0.848. The van der Waals surface area contributed by atoms with E-state index in [4.69, 9.17) is 8.94 Å². The molecule has 2 rings (SSSR count). The highest BCUT2D eigenvalue weighted by Gasteiger charge is 2.58. The summed E-state index contributed by atoms with van der Waals surface area (Å²) in [6.07, 6.45) is -6.05. The van der Waals surface area contributed by atoms with E-state index in [-0.39, 0.29) is 17.5 Å². The normalized spacial score (nSPS) is 15.0. The highest BCUT2D eigenvalue weighted by atomic mass is 19.4. The van der Waals surface area contributed by atoms with Crippen molar-refractivity contribution in [2.75, 3.05) is 0 Å². The van der Waals surface area contributed by atoms with Crippen LogP contribution in [0, 0.1) is 6.92 Å². The zero-order valence-corrected chi connectivity index (χ0v) is 14.1. The molecule has 25 heavy (non-hydrogen) atoms. The lowest BCUT2D eigenvalue weighted by Gasteiger charge is -2.27. The third-order valence-electron chi connectivity index (χ3n) is 3.54. The number of aryl methyl sites for hydroxylation is 1. The van der Waals surface area contributed by atoms with Crippen LogP contribution in [-0.4, -0.2) is 27.3 Å². The maximum absolute atomic E-state index is 13.4. The second-order valence-electron chi connectivity index (χ2n) is 6.26. The van der Waals surface area contributed by atoms with Gasteiger partial charge in [-0.05, 0) is 32.9 Å². The largest absolute Gasteiger partial charge is 0.463 e. The molecular weight excluding hydrogens is 343 g/mol. The molecule has 0 aromatic carbocycles. The lowest BCUT2D eigenvalue weighted by Crippen LogP contribution is -2.44. The lowest BCUT2D eigenvalue weighted by molar-refractivity contribution is -0.273. The summed E-state index contributed by atoms with van der Waals surface area (Å²) in [5, 5.41) is 16.4. The number of nitrogens with one attached hydrogen (secondary N) is 1. The van der Waals surface area contributed by atoms with Crippen LogP contribution in [0.4, 0.5) is 13.2 Å². The van der Waals surface area contributed by atoms with Gasteiger partial charge < -0.3 is 19.4 Å². The van der Waals surface area contributed by atoms with Crippen LogP contribution in [0.15, 0.2) is 21.1 Å². The summed E-state index contributed by atoms with van der Waals surface area (Å²) >= 11 is 0. The summed E-state index contributed by atoms with van der Waals surface area (Å²) in [7, 11) is 0. The van der Waals surface area contributed by atoms with Gasteiger partial charge in [0.25, 0.3) is 0 Å². The molecule has 2 aromatic heterocycles. The molecule has 0 aliphatic carbocycles. The van der Waals surface area contributed by atoms with Gasteiger partial charge >= 0.3 is 6.18 Å². The minimum Gasteiger partial charge on any atom is -0.463 e. The van der Waals surface area contributed by atoms with E-state index >= 15 is 0 Å². The van der Waals surface area contributed by atoms with Crippen LogP contribution in [0.3, 0.4) is 0 Å². The molecule has 0 bridgehead atoms. The molecule has 0 radical (unpaired) electrons. The van der Waals surface area contributed by atoms with Crippen LogP contribution in [0.1, 0.15) is 44.0 Å². The van der Waals surface area contributed by atoms with Crippen molar-refractivity contribution in [3.05, 3.63) is 35.4 Å². The van der Waals surface area contributed by atoms with Crippen molar-refractivity contribution in [1.29, 1.82) is 0 Å². The van der Waals surface area contributed by atoms with Crippen molar-refractivity contribution in [2.24, 2.45) is 0 Å². The van der Waals surface area contributed by atoms with Gasteiger partial charge in [0, 0.05) is 6.92 Å². The van der Waals surface area contributed by atoms with E-state index < -0.39 is 35.4 Å². The Bertz CT molecular complexity index is 766. The predicted molar refractivity (Wildman–Crippen MR) is 78.2 cm³/mol. The van der Waals surface area contributed by atoms with Crippen molar-refractivity contribution in [1.82, 2.24) is 15.5 Å². The number of rotatable bonds is 5. The number of nitrogens with zero attached hydrogens (tertiary/aromatic N) is 2. The van der Waals surface area contributed by atoms with Gasteiger partial charge in [0.2, 0.25) is 17.4 Å². The lowest BCUT2D eigenvalue weighted by atomic mass is 9.95. The minimum absolute atomic E-state index is 0.0159. The number of furan rings is 1. The van der Waals surface area contributed by atoms with Gasteiger partial charge in [-0.15, -0.1) is 0 Å². The molecule has 0 aliphatic heterocycles.